The van der Waals surface area contributed by atoms with Crippen LogP contribution in [0.2, 0.25) is 0 Å². The van der Waals surface area contributed by atoms with Crippen molar-refractivity contribution in [2.45, 2.75) is 26.6 Å². The number of benzene rings is 1. The normalized spacial score (nSPS) is 11.5. The summed E-state index contributed by atoms with van der Waals surface area (Å²) < 4.78 is 48.7. The Morgan fingerprint density at radius 1 is 1.05 bits per heavy atom. The van der Waals surface area contributed by atoms with E-state index in [1.807, 2.05) is 26.0 Å². The van der Waals surface area contributed by atoms with Gasteiger partial charge in [-0.3, -0.25) is 4.79 Å². The van der Waals surface area contributed by atoms with Crippen molar-refractivity contribution in [1.82, 2.24) is 20.3 Å². The predicted octanol–water partition coefficient (Wildman–Crippen LogP) is 5.06. The lowest BCUT2D eigenvalue weighted by Crippen LogP contribution is -2.38. The molecule has 0 fully saturated rings. The topological polar surface area (TPSA) is 136 Å². The maximum absolute atomic E-state index is 12.8. The third kappa shape index (κ3) is 11.1. The molecule has 0 saturated heterocycles. The summed E-state index contributed by atoms with van der Waals surface area (Å²) in [6.07, 6.45) is -3.20. The monoisotopic (exact) mass is 607 g/mol. The number of anilines is 3. The molecule has 2 aromatic heterocycles. The first kappa shape index (κ1) is 32.4. The van der Waals surface area contributed by atoms with Gasteiger partial charge in [0.25, 0.3) is 5.91 Å². The molecule has 0 aliphatic rings. The number of hydrogen-bond acceptors (Lipinski definition) is 9. The summed E-state index contributed by atoms with van der Waals surface area (Å²) in [5.74, 6) is 1.26. The van der Waals surface area contributed by atoms with Crippen LogP contribution in [0.1, 0.15) is 29.8 Å². The van der Waals surface area contributed by atoms with Gasteiger partial charge in [0.2, 0.25) is 0 Å². The second-order valence-electron chi connectivity index (χ2n) is 10.1. The fourth-order valence-electron chi connectivity index (χ4n) is 3.14. The Labute approximate surface area is 246 Å². The molecular formula is C28H33ClF3N7O3. The molecular weight excluding hydrogens is 575 g/mol. The number of nitrogens with two attached hydrogens (primary N) is 1. The number of ether oxygens (including phenoxy) is 2. The Hall–Kier alpha value is -4.10. The van der Waals surface area contributed by atoms with Gasteiger partial charge in [-0.2, -0.15) is 23.1 Å². The number of nitrogens with one attached hydrogen (secondary N) is 3. The second kappa shape index (κ2) is 14.7. The zero-order valence-electron chi connectivity index (χ0n) is 23.2. The van der Waals surface area contributed by atoms with Crippen LogP contribution < -0.4 is 31.2 Å². The standard InChI is InChI=1S/C28H33ClF3N7O3/c1-18(11-29)14-41-21-7-4-19(5-8-21)12-34-23-10-24(39-26(38-23)42-17-28(30,31)32)37-22-9-6-20(13-35-22)25(40)36-16-27(2,3)15-33/h4-10,13H,1,11-12,14-17,33H2,2-3H3,(H,36,40)(H2,34,35,37,38,39). The molecule has 3 aromatic rings. The largest absolute Gasteiger partial charge is 0.489 e. The first-order valence-electron chi connectivity index (χ1n) is 12.8. The van der Waals surface area contributed by atoms with Crippen molar-refractivity contribution >= 4 is 35.0 Å². The third-order valence-electron chi connectivity index (χ3n) is 5.66. The van der Waals surface area contributed by atoms with Crippen molar-refractivity contribution in [3.8, 4) is 11.8 Å². The summed E-state index contributed by atoms with van der Waals surface area (Å²) in [6, 6.07) is 11.3. The molecule has 0 radical (unpaired) electrons. The van der Waals surface area contributed by atoms with Gasteiger partial charge >= 0.3 is 12.2 Å². The summed E-state index contributed by atoms with van der Waals surface area (Å²) in [5, 5.41) is 8.77. The van der Waals surface area contributed by atoms with Crippen LogP contribution in [0, 0.1) is 5.41 Å². The molecule has 0 unspecified atom stereocenters. The number of hydrogen-bond donors (Lipinski definition) is 4. The number of amides is 1. The van der Waals surface area contributed by atoms with E-state index in [2.05, 4.69) is 37.5 Å². The van der Waals surface area contributed by atoms with Crippen molar-refractivity contribution in [2.75, 3.05) is 42.8 Å². The SMILES string of the molecule is C=C(CCl)COc1ccc(CNc2cc(Nc3ccc(C(=O)NCC(C)(C)CN)cn3)nc(OCC(F)(F)F)n2)cc1. The van der Waals surface area contributed by atoms with Crippen LogP contribution in [0.15, 0.2) is 60.8 Å². The van der Waals surface area contributed by atoms with Crippen LogP contribution in [-0.2, 0) is 6.54 Å². The molecule has 5 N–H and O–H groups in total. The quantitative estimate of drug-likeness (QED) is 0.138. The molecule has 1 aromatic carbocycles. The van der Waals surface area contributed by atoms with E-state index in [1.54, 1.807) is 24.3 Å². The lowest BCUT2D eigenvalue weighted by molar-refractivity contribution is -0.154. The van der Waals surface area contributed by atoms with Gasteiger partial charge in [-0.15, -0.1) is 11.6 Å². The first-order valence-corrected chi connectivity index (χ1v) is 13.4. The van der Waals surface area contributed by atoms with Gasteiger partial charge in [0.05, 0.1) is 5.56 Å². The molecule has 0 atom stereocenters. The highest BCUT2D eigenvalue weighted by atomic mass is 35.5. The Balaban J connectivity index is 1.69. The van der Waals surface area contributed by atoms with Crippen molar-refractivity contribution in [3.63, 3.8) is 0 Å². The zero-order chi connectivity index (χ0) is 30.8. The summed E-state index contributed by atoms with van der Waals surface area (Å²) in [5.41, 5.74) is 7.38. The van der Waals surface area contributed by atoms with Gasteiger partial charge < -0.3 is 31.2 Å². The Bertz CT molecular complexity index is 1340. The molecule has 0 saturated carbocycles. The van der Waals surface area contributed by atoms with E-state index in [0.717, 1.165) is 11.1 Å². The smallest absolute Gasteiger partial charge is 0.422 e. The number of halogens is 4. The van der Waals surface area contributed by atoms with Crippen molar-refractivity contribution in [2.24, 2.45) is 11.1 Å². The Morgan fingerprint density at radius 2 is 1.76 bits per heavy atom. The van der Waals surface area contributed by atoms with Crippen molar-refractivity contribution in [1.29, 1.82) is 0 Å². The minimum Gasteiger partial charge on any atom is -0.489 e. The van der Waals surface area contributed by atoms with Gasteiger partial charge in [-0.05, 0) is 47.4 Å². The van der Waals surface area contributed by atoms with Gasteiger partial charge in [-0.25, -0.2) is 4.98 Å². The van der Waals surface area contributed by atoms with E-state index in [1.165, 1.54) is 12.3 Å². The van der Waals surface area contributed by atoms with E-state index in [9.17, 15) is 18.0 Å². The van der Waals surface area contributed by atoms with E-state index in [0.29, 0.717) is 49.3 Å². The summed E-state index contributed by atoms with van der Waals surface area (Å²) in [6.45, 7) is 7.49. The third-order valence-corrected chi connectivity index (χ3v) is 6.04. The number of nitrogens with zero attached hydrogens (tertiary/aromatic N) is 3. The van der Waals surface area contributed by atoms with Crippen LogP contribution in [-0.4, -0.2) is 59.2 Å². The molecule has 42 heavy (non-hydrogen) atoms. The Kier molecular flexibility index (Phi) is 11.3. The molecule has 2 heterocycles. The molecule has 226 valence electrons. The molecule has 3 rings (SSSR count). The highest BCUT2D eigenvalue weighted by Gasteiger charge is 2.29. The van der Waals surface area contributed by atoms with Gasteiger partial charge in [-0.1, -0.05) is 32.6 Å². The van der Waals surface area contributed by atoms with Crippen molar-refractivity contribution < 1.29 is 27.4 Å². The number of carbonyl (C=O) groups is 1. The molecule has 0 spiro atoms. The molecule has 0 bridgehead atoms. The fourth-order valence-corrected chi connectivity index (χ4v) is 3.22. The number of aromatic nitrogens is 3. The highest BCUT2D eigenvalue weighted by molar-refractivity contribution is 6.19. The molecule has 10 nitrogen and oxygen atoms in total. The van der Waals surface area contributed by atoms with E-state index in [-0.39, 0.29) is 23.0 Å². The minimum absolute atomic E-state index is 0.127. The highest BCUT2D eigenvalue weighted by Crippen LogP contribution is 2.23. The number of pyridine rings is 1. The lowest BCUT2D eigenvalue weighted by Gasteiger charge is -2.22. The summed E-state index contributed by atoms with van der Waals surface area (Å²) >= 11 is 5.71. The second-order valence-corrected chi connectivity index (χ2v) is 10.4. The van der Waals surface area contributed by atoms with E-state index in [4.69, 9.17) is 26.8 Å². The minimum atomic E-state index is -4.57. The van der Waals surface area contributed by atoms with Gasteiger partial charge in [0.15, 0.2) is 6.61 Å². The average molecular weight is 608 g/mol. The van der Waals surface area contributed by atoms with Crippen LogP contribution in [0.25, 0.3) is 0 Å². The number of carbonyl (C=O) groups excluding carboxylic acids is 1. The molecule has 14 heteroatoms. The van der Waals surface area contributed by atoms with E-state index < -0.39 is 18.8 Å². The van der Waals surface area contributed by atoms with Crippen LogP contribution in [0.5, 0.6) is 11.8 Å². The van der Waals surface area contributed by atoms with Crippen LogP contribution >= 0.6 is 11.6 Å². The van der Waals surface area contributed by atoms with Gasteiger partial charge in [0, 0.05) is 31.2 Å². The van der Waals surface area contributed by atoms with Crippen molar-refractivity contribution in [3.05, 3.63) is 71.9 Å². The maximum Gasteiger partial charge on any atom is 0.422 e. The predicted molar refractivity (Wildman–Crippen MR) is 155 cm³/mol. The molecule has 1 amide bonds. The Morgan fingerprint density at radius 3 is 2.38 bits per heavy atom. The number of rotatable bonds is 15. The van der Waals surface area contributed by atoms with Gasteiger partial charge in [0.1, 0.15) is 29.8 Å². The maximum atomic E-state index is 12.8. The van der Waals surface area contributed by atoms with Crippen LogP contribution in [0.4, 0.5) is 30.6 Å². The number of alkyl halides is 4. The fraction of sp³-hybridized carbons (Fsp3) is 0.357. The summed E-state index contributed by atoms with van der Waals surface area (Å²) in [4.78, 5) is 24.7. The van der Waals surface area contributed by atoms with E-state index >= 15 is 0 Å². The average Bonchev–Trinajstić information content (AvgIpc) is 2.97. The zero-order valence-corrected chi connectivity index (χ0v) is 24.0. The lowest BCUT2D eigenvalue weighted by atomic mass is 9.94. The first-order chi connectivity index (χ1) is 19.9. The summed E-state index contributed by atoms with van der Waals surface area (Å²) in [7, 11) is 0. The molecule has 0 aliphatic heterocycles. The van der Waals surface area contributed by atoms with Crippen LogP contribution in [0.3, 0.4) is 0 Å². The molecule has 0 aliphatic carbocycles.